The Bertz CT molecular complexity index is 1050. The first-order valence-corrected chi connectivity index (χ1v) is 8.85. The van der Waals surface area contributed by atoms with E-state index in [0.29, 0.717) is 41.7 Å². The molecule has 0 aliphatic heterocycles. The standard InChI is InChI=1S/C18H23N7O3/c1-5-25-12-8-13(27-10(2)9-19)21-11(6-7-18(3,4)26)14(12)22-17(25)15-16(20)24-28-23-15/h8,10,26H,5,9,19H2,1-4H3,(H2,20,24). The van der Waals surface area contributed by atoms with E-state index >= 15 is 0 Å². The summed E-state index contributed by atoms with van der Waals surface area (Å²) < 4.78 is 12.4. The van der Waals surface area contributed by atoms with Crippen molar-refractivity contribution in [2.45, 2.75) is 45.9 Å². The van der Waals surface area contributed by atoms with Crippen LogP contribution in [-0.2, 0) is 6.54 Å². The number of hydrogen-bond acceptors (Lipinski definition) is 9. The Balaban J connectivity index is 2.27. The highest BCUT2D eigenvalue weighted by Gasteiger charge is 2.22. The van der Waals surface area contributed by atoms with Gasteiger partial charge in [-0.15, -0.1) is 0 Å². The third kappa shape index (κ3) is 3.90. The molecule has 0 aliphatic carbocycles. The molecule has 0 fully saturated rings. The van der Waals surface area contributed by atoms with Crippen LogP contribution in [0, 0.1) is 11.8 Å². The molecule has 0 spiro atoms. The van der Waals surface area contributed by atoms with E-state index < -0.39 is 5.60 Å². The number of aliphatic hydroxyl groups is 1. The zero-order valence-electron chi connectivity index (χ0n) is 16.2. The molecule has 3 aromatic heterocycles. The minimum absolute atomic E-state index is 0.135. The fraction of sp³-hybridized carbons (Fsp3) is 0.444. The normalized spacial score (nSPS) is 12.6. The van der Waals surface area contributed by atoms with Crippen LogP contribution < -0.4 is 16.2 Å². The van der Waals surface area contributed by atoms with Crippen molar-refractivity contribution < 1.29 is 14.5 Å². The van der Waals surface area contributed by atoms with Crippen molar-refractivity contribution in [2.75, 3.05) is 12.3 Å². The van der Waals surface area contributed by atoms with Gasteiger partial charge in [-0.05, 0) is 43.9 Å². The number of rotatable bonds is 5. The maximum Gasteiger partial charge on any atom is 0.216 e. The highest BCUT2D eigenvalue weighted by Crippen LogP contribution is 2.30. The SMILES string of the molecule is CCn1c(-c2nonc2N)nc2c(C#CC(C)(C)O)nc(OC(C)CN)cc21. The second-order valence-corrected chi connectivity index (χ2v) is 6.83. The first-order chi connectivity index (χ1) is 13.2. The van der Waals surface area contributed by atoms with Crippen molar-refractivity contribution in [3.05, 3.63) is 11.8 Å². The van der Waals surface area contributed by atoms with Crippen molar-refractivity contribution in [2.24, 2.45) is 5.73 Å². The topological polar surface area (TPSA) is 151 Å². The Kier molecular flexibility index (Phi) is 5.22. The summed E-state index contributed by atoms with van der Waals surface area (Å²) in [5, 5.41) is 17.4. The minimum Gasteiger partial charge on any atom is -0.473 e. The van der Waals surface area contributed by atoms with Crippen LogP contribution in [0.5, 0.6) is 5.88 Å². The maximum atomic E-state index is 9.97. The van der Waals surface area contributed by atoms with Gasteiger partial charge in [0, 0.05) is 19.2 Å². The Hall–Kier alpha value is -3.16. The number of ether oxygens (including phenoxy) is 1. The predicted octanol–water partition coefficient (Wildman–Crippen LogP) is 0.932. The van der Waals surface area contributed by atoms with Gasteiger partial charge < -0.3 is 25.9 Å². The number of aryl methyl sites for hydroxylation is 1. The van der Waals surface area contributed by atoms with Crippen LogP contribution in [0.15, 0.2) is 10.7 Å². The molecule has 0 saturated heterocycles. The molecule has 10 nitrogen and oxygen atoms in total. The number of hydrogen-bond donors (Lipinski definition) is 3. The van der Waals surface area contributed by atoms with Gasteiger partial charge in [0.05, 0.1) is 5.52 Å². The number of aromatic nitrogens is 5. The van der Waals surface area contributed by atoms with E-state index in [2.05, 4.69) is 32.1 Å². The Morgan fingerprint density at radius 2 is 2.11 bits per heavy atom. The summed E-state index contributed by atoms with van der Waals surface area (Å²) >= 11 is 0. The Labute approximate surface area is 161 Å². The molecule has 3 rings (SSSR count). The van der Waals surface area contributed by atoms with E-state index in [0.717, 1.165) is 5.52 Å². The van der Waals surface area contributed by atoms with Crippen molar-refractivity contribution >= 4 is 16.9 Å². The highest BCUT2D eigenvalue weighted by atomic mass is 16.6. The lowest BCUT2D eigenvalue weighted by Gasteiger charge is -2.12. The Morgan fingerprint density at radius 3 is 2.68 bits per heavy atom. The van der Waals surface area contributed by atoms with Gasteiger partial charge in [0.15, 0.2) is 17.3 Å². The molecule has 1 atom stereocenters. The summed E-state index contributed by atoms with van der Waals surface area (Å²) in [6.45, 7) is 7.90. The van der Waals surface area contributed by atoms with Gasteiger partial charge in [-0.2, -0.15) is 0 Å². The van der Waals surface area contributed by atoms with E-state index in [-0.39, 0.29) is 11.9 Å². The summed E-state index contributed by atoms with van der Waals surface area (Å²) in [5.74, 6) is 6.63. The summed E-state index contributed by atoms with van der Waals surface area (Å²) in [7, 11) is 0. The zero-order valence-corrected chi connectivity index (χ0v) is 16.2. The number of nitrogens with two attached hydrogens (primary N) is 2. The fourth-order valence-electron chi connectivity index (χ4n) is 2.56. The van der Waals surface area contributed by atoms with Crippen LogP contribution >= 0.6 is 0 Å². The smallest absolute Gasteiger partial charge is 0.216 e. The van der Waals surface area contributed by atoms with E-state index in [4.69, 9.17) is 20.8 Å². The average molecular weight is 385 g/mol. The summed E-state index contributed by atoms with van der Waals surface area (Å²) in [4.78, 5) is 9.08. The third-order valence-electron chi connectivity index (χ3n) is 3.90. The van der Waals surface area contributed by atoms with Gasteiger partial charge in [0.1, 0.15) is 22.9 Å². The van der Waals surface area contributed by atoms with Crippen molar-refractivity contribution in [3.8, 4) is 29.2 Å². The summed E-state index contributed by atoms with van der Waals surface area (Å²) in [5.41, 5.74) is 12.3. The molecule has 0 aliphatic rings. The number of fused-ring (bicyclic) bond motifs is 1. The minimum atomic E-state index is -1.19. The number of imidazole rings is 1. The van der Waals surface area contributed by atoms with Crippen LogP contribution in [0.1, 0.15) is 33.4 Å². The molecule has 10 heteroatoms. The van der Waals surface area contributed by atoms with Gasteiger partial charge in [0.25, 0.3) is 0 Å². The highest BCUT2D eigenvalue weighted by molar-refractivity contribution is 5.86. The van der Waals surface area contributed by atoms with Gasteiger partial charge >= 0.3 is 0 Å². The predicted molar refractivity (Wildman–Crippen MR) is 103 cm³/mol. The maximum absolute atomic E-state index is 9.97. The fourth-order valence-corrected chi connectivity index (χ4v) is 2.56. The number of nitrogens with zero attached hydrogens (tertiary/aromatic N) is 5. The summed E-state index contributed by atoms with van der Waals surface area (Å²) in [6.07, 6.45) is -0.229. The molecule has 0 aromatic carbocycles. The van der Waals surface area contributed by atoms with Crippen LogP contribution in [0.25, 0.3) is 22.6 Å². The van der Waals surface area contributed by atoms with Crippen molar-refractivity contribution in [1.82, 2.24) is 24.8 Å². The van der Waals surface area contributed by atoms with Crippen LogP contribution in [0.2, 0.25) is 0 Å². The van der Waals surface area contributed by atoms with Gasteiger partial charge in [-0.3, -0.25) is 0 Å². The first kappa shape index (κ1) is 19.6. The number of pyridine rings is 1. The van der Waals surface area contributed by atoms with Gasteiger partial charge in [-0.25, -0.2) is 14.6 Å². The van der Waals surface area contributed by atoms with E-state index in [9.17, 15) is 5.11 Å². The lowest BCUT2D eigenvalue weighted by molar-refractivity contribution is 0.143. The van der Waals surface area contributed by atoms with Gasteiger partial charge in [0.2, 0.25) is 5.88 Å². The molecule has 148 valence electrons. The third-order valence-corrected chi connectivity index (χ3v) is 3.90. The largest absolute Gasteiger partial charge is 0.473 e. The second kappa shape index (κ2) is 7.46. The zero-order chi connectivity index (χ0) is 20.5. The second-order valence-electron chi connectivity index (χ2n) is 6.83. The van der Waals surface area contributed by atoms with E-state index in [1.54, 1.807) is 19.9 Å². The molecular formula is C18H23N7O3. The molecule has 0 bridgehead atoms. The first-order valence-electron chi connectivity index (χ1n) is 8.85. The van der Waals surface area contributed by atoms with E-state index in [1.807, 2.05) is 18.4 Å². The van der Waals surface area contributed by atoms with Crippen LogP contribution in [-0.4, -0.2) is 48.2 Å². The quantitative estimate of drug-likeness (QED) is 0.545. The molecule has 3 aromatic rings. The van der Waals surface area contributed by atoms with Crippen molar-refractivity contribution in [1.29, 1.82) is 0 Å². The summed E-state index contributed by atoms with van der Waals surface area (Å²) in [6, 6.07) is 1.76. The molecule has 0 amide bonds. The number of nitrogen functional groups attached to an aromatic ring is 1. The van der Waals surface area contributed by atoms with Crippen molar-refractivity contribution in [3.63, 3.8) is 0 Å². The lowest BCUT2D eigenvalue weighted by atomic mass is 10.1. The van der Waals surface area contributed by atoms with E-state index in [1.165, 1.54) is 0 Å². The lowest BCUT2D eigenvalue weighted by Crippen LogP contribution is -2.23. The van der Waals surface area contributed by atoms with Crippen LogP contribution in [0.3, 0.4) is 0 Å². The Morgan fingerprint density at radius 1 is 1.36 bits per heavy atom. The molecule has 0 saturated carbocycles. The molecule has 1 unspecified atom stereocenters. The number of anilines is 1. The molecular weight excluding hydrogens is 362 g/mol. The molecule has 28 heavy (non-hydrogen) atoms. The molecule has 5 N–H and O–H groups in total. The van der Waals surface area contributed by atoms with Crippen LogP contribution in [0.4, 0.5) is 5.82 Å². The average Bonchev–Trinajstić information content (AvgIpc) is 3.21. The van der Waals surface area contributed by atoms with Gasteiger partial charge in [-0.1, -0.05) is 5.92 Å². The molecule has 0 radical (unpaired) electrons. The monoisotopic (exact) mass is 385 g/mol. The molecule has 3 heterocycles.